The number of carbonyl (C=O) groups excluding carboxylic acids is 4. The normalized spacial score (nSPS) is 16.0. The minimum atomic E-state index is -1.07. The van der Waals surface area contributed by atoms with E-state index in [1.54, 1.807) is 31.2 Å². The van der Waals surface area contributed by atoms with Crippen molar-refractivity contribution in [3.8, 4) is 28.7 Å². The van der Waals surface area contributed by atoms with Crippen LogP contribution in [0.15, 0.2) is 40.8 Å². The summed E-state index contributed by atoms with van der Waals surface area (Å²) < 4.78 is 32.4. The van der Waals surface area contributed by atoms with Gasteiger partial charge in [0, 0.05) is 30.7 Å². The van der Waals surface area contributed by atoms with Gasteiger partial charge in [0.1, 0.15) is 28.6 Å². The summed E-state index contributed by atoms with van der Waals surface area (Å²) in [5.41, 5.74) is 0.298. The molecule has 2 aromatic carbocycles. The Balaban J connectivity index is 1.81. The molecular formula is C37H43NO12. The SMILES string of the molecule is COC(=O)c1ccc(CNC(=O)CC(c2cc(OC)c(OC)c(OC)c2)c2c(O)cc3c(c2O)C(=O)OC(C)CCCC(=O)CCCC=C3)o1. The van der Waals surface area contributed by atoms with Gasteiger partial charge in [-0.3, -0.25) is 9.59 Å². The van der Waals surface area contributed by atoms with Crippen molar-refractivity contribution in [3.63, 3.8) is 0 Å². The van der Waals surface area contributed by atoms with Gasteiger partial charge in [-0.2, -0.15) is 0 Å². The first kappa shape index (κ1) is 37.4. The first-order valence-corrected chi connectivity index (χ1v) is 16.2. The molecule has 2 unspecified atom stereocenters. The number of fused-ring (bicyclic) bond motifs is 1. The van der Waals surface area contributed by atoms with Gasteiger partial charge in [0.2, 0.25) is 17.4 Å². The smallest absolute Gasteiger partial charge is 0.373 e. The molecule has 3 aromatic rings. The number of aromatic hydroxyl groups is 2. The zero-order chi connectivity index (χ0) is 36.4. The molecule has 1 aromatic heterocycles. The number of benzene rings is 2. The van der Waals surface area contributed by atoms with E-state index in [4.69, 9.17) is 23.4 Å². The minimum absolute atomic E-state index is 0.0320. The Hall–Kier alpha value is -5.46. The monoisotopic (exact) mass is 693 g/mol. The molecule has 0 saturated heterocycles. The van der Waals surface area contributed by atoms with Crippen LogP contribution in [0.2, 0.25) is 0 Å². The number of phenolic OH excluding ortho intramolecular Hbond substituents is 2. The molecule has 0 radical (unpaired) electrons. The Morgan fingerprint density at radius 3 is 2.34 bits per heavy atom. The Bertz CT molecular complexity index is 1710. The number of carbonyl (C=O) groups is 4. The fourth-order valence-electron chi connectivity index (χ4n) is 5.83. The number of cyclic esters (lactones) is 1. The van der Waals surface area contributed by atoms with Gasteiger partial charge in [0.25, 0.3) is 0 Å². The molecule has 2 heterocycles. The van der Waals surface area contributed by atoms with Gasteiger partial charge < -0.3 is 43.6 Å². The summed E-state index contributed by atoms with van der Waals surface area (Å²) in [4.78, 5) is 51.2. The largest absolute Gasteiger partial charge is 0.507 e. The lowest BCUT2D eigenvalue weighted by Gasteiger charge is -2.24. The highest BCUT2D eigenvalue weighted by Crippen LogP contribution is 2.47. The van der Waals surface area contributed by atoms with Gasteiger partial charge in [0.15, 0.2) is 11.5 Å². The maximum atomic E-state index is 13.7. The molecule has 4 rings (SSSR count). The summed E-state index contributed by atoms with van der Waals surface area (Å²) in [5, 5.41) is 26.1. The van der Waals surface area contributed by atoms with Crippen molar-refractivity contribution in [2.45, 2.75) is 70.4 Å². The van der Waals surface area contributed by atoms with Crippen LogP contribution in [0, 0.1) is 0 Å². The molecule has 1 amide bonds. The fourth-order valence-corrected chi connectivity index (χ4v) is 5.83. The molecule has 0 saturated carbocycles. The van der Waals surface area contributed by atoms with Crippen molar-refractivity contribution in [2.24, 2.45) is 0 Å². The van der Waals surface area contributed by atoms with Crippen LogP contribution in [0.4, 0.5) is 0 Å². The molecule has 268 valence electrons. The Kier molecular flexibility index (Phi) is 12.9. The van der Waals surface area contributed by atoms with Crippen molar-refractivity contribution >= 4 is 29.7 Å². The van der Waals surface area contributed by atoms with Gasteiger partial charge in [-0.05, 0) is 74.1 Å². The number of ketones is 1. The quantitative estimate of drug-likeness (QED) is 0.217. The lowest BCUT2D eigenvalue weighted by Crippen LogP contribution is -2.25. The molecule has 50 heavy (non-hydrogen) atoms. The second-order valence-corrected chi connectivity index (χ2v) is 11.8. The molecular weight excluding hydrogens is 650 g/mol. The van der Waals surface area contributed by atoms with E-state index in [-0.39, 0.29) is 70.0 Å². The number of esters is 2. The van der Waals surface area contributed by atoms with Crippen molar-refractivity contribution in [1.82, 2.24) is 5.32 Å². The number of nitrogens with one attached hydrogen (secondary N) is 1. The van der Waals surface area contributed by atoms with E-state index in [2.05, 4.69) is 10.1 Å². The van der Waals surface area contributed by atoms with E-state index >= 15 is 0 Å². The van der Waals surface area contributed by atoms with Crippen LogP contribution in [0.25, 0.3) is 6.08 Å². The molecule has 3 N–H and O–H groups in total. The highest BCUT2D eigenvalue weighted by molar-refractivity contribution is 5.98. The Morgan fingerprint density at radius 2 is 1.68 bits per heavy atom. The zero-order valence-electron chi connectivity index (χ0n) is 28.8. The van der Waals surface area contributed by atoms with E-state index in [0.717, 1.165) is 0 Å². The molecule has 13 heteroatoms. The third-order valence-electron chi connectivity index (χ3n) is 8.39. The summed E-state index contributed by atoms with van der Waals surface area (Å²) >= 11 is 0. The first-order chi connectivity index (χ1) is 24.0. The third-order valence-corrected chi connectivity index (χ3v) is 8.39. The molecule has 0 aliphatic carbocycles. The van der Waals surface area contributed by atoms with Crippen molar-refractivity contribution < 1.29 is 57.5 Å². The van der Waals surface area contributed by atoms with Crippen LogP contribution in [0.1, 0.15) is 101 Å². The standard InChI is InChI=1S/C37H43NO12/c1-21-10-9-13-24(39)12-8-6-7-11-22-16-27(40)33(34(42)32(22)37(44)49-21)26(23-17-29(45-2)35(47-4)30(18-23)46-3)19-31(41)38-20-25-14-15-28(50-25)36(43)48-5/h7,11,14-18,21,26,40,42H,6,8-10,12-13,19-20H2,1-5H3,(H,38,41). The van der Waals surface area contributed by atoms with Crippen LogP contribution in [-0.2, 0) is 25.6 Å². The minimum Gasteiger partial charge on any atom is -0.507 e. The predicted molar refractivity (Wildman–Crippen MR) is 181 cm³/mol. The number of hydrogen-bond donors (Lipinski definition) is 3. The number of furan rings is 1. The van der Waals surface area contributed by atoms with Crippen LogP contribution < -0.4 is 19.5 Å². The molecule has 1 aliphatic rings. The highest BCUT2D eigenvalue weighted by Gasteiger charge is 2.32. The molecule has 13 nitrogen and oxygen atoms in total. The maximum absolute atomic E-state index is 13.7. The number of ether oxygens (including phenoxy) is 5. The third kappa shape index (κ3) is 8.95. The van der Waals surface area contributed by atoms with Crippen molar-refractivity contribution in [1.29, 1.82) is 0 Å². The maximum Gasteiger partial charge on any atom is 0.373 e. The number of Topliss-reactive ketones (excluding diaryl/α,β-unsaturated/α-hetero) is 1. The topological polar surface area (TPSA) is 180 Å². The average Bonchev–Trinajstić information content (AvgIpc) is 3.57. The highest BCUT2D eigenvalue weighted by atomic mass is 16.5. The molecule has 0 fully saturated rings. The lowest BCUT2D eigenvalue weighted by atomic mass is 9.84. The van der Waals surface area contributed by atoms with E-state index in [1.165, 1.54) is 46.6 Å². The Morgan fingerprint density at radius 1 is 0.980 bits per heavy atom. The first-order valence-electron chi connectivity index (χ1n) is 16.2. The second-order valence-electron chi connectivity index (χ2n) is 11.8. The van der Waals surface area contributed by atoms with Crippen molar-refractivity contribution in [3.05, 3.63) is 70.2 Å². The summed E-state index contributed by atoms with van der Waals surface area (Å²) in [6, 6.07) is 7.45. The fraction of sp³-hybridized carbons (Fsp3) is 0.405. The van der Waals surface area contributed by atoms with Gasteiger partial charge in [-0.15, -0.1) is 0 Å². The number of phenols is 2. The summed E-state index contributed by atoms with van der Waals surface area (Å²) in [6.45, 7) is 1.62. The Labute approximate surface area is 290 Å². The van der Waals surface area contributed by atoms with Crippen molar-refractivity contribution in [2.75, 3.05) is 28.4 Å². The molecule has 0 spiro atoms. The van der Waals surface area contributed by atoms with Gasteiger partial charge >= 0.3 is 11.9 Å². The summed E-state index contributed by atoms with van der Waals surface area (Å²) in [7, 11) is 5.51. The van der Waals surface area contributed by atoms with Gasteiger partial charge in [-0.1, -0.05) is 12.2 Å². The van der Waals surface area contributed by atoms with E-state index in [9.17, 15) is 29.4 Å². The average molecular weight is 694 g/mol. The molecule has 2 atom stereocenters. The number of hydrogen-bond acceptors (Lipinski definition) is 12. The van der Waals surface area contributed by atoms with Gasteiger partial charge in [0.05, 0.1) is 41.1 Å². The number of rotatable bonds is 10. The van der Waals surface area contributed by atoms with Crippen LogP contribution >= 0.6 is 0 Å². The van der Waals surface area contributed by atoms with E-state index in [0.29, 0.717) is 44.1 Å². The van der Waals surface area contributed by atoms with E-state index in [1.807, 2.05) is 0 Å². The van der Waals surface area contributed by atoms with E-state index < -0.39 is 35.6 Å². The molecule has 1 aliphatic heterocycles. The number of methoxy groups -OCH3 is 4. The summed E-state index contributed by atoms with van der Waals surface area (Å²) in [5.74, 6) is -2.85. The molecule has 0 bridgehead atoms. The number of allylic oxidation sites excluding steroid dienone is 1. The van der Waals surface area contributed by atoms with Crippen LogP contribution in [0.5, 0.6) is 28.7 Å². The summed E-state index contributed by atoms with van der Waals surface area (Å²) in [6.07, 6.45) is 5.39. The second kappa shape index (κ2) is 17.3. The lowest BCUT2D eigenvalue weighted by molar-refractivity contribution is -0.121. The zero-order valence-corrected chi connectivity index (χ0v) is 28.8. The predicted octanol–water partition coefficient (Wildman–Crippen LogP) is 5.82. The van der Waals surface area contributed by atoms with Gasteiger partial charge in [-0.25, -0.2) is 9.59 Å². The van der Waals surface area contributed by atoms with Crippen LogP contribution in [0.3, 0.4) is 0 Å². The number of amides is 1. The van der Waals surface area contributed by atoms with Crippen LogP contribution in [-0.4, -0.2) is 68.4 Å².